The van der Waals surface area contributed by atoms with E-state index < -0.39 is 6.04 Å². The summed E-state index contributed by atoms with van der Waals surface area (Å²) in [5.74, 6) is -0.527. The van der Waals surface area contributed by atoms with Crippen LogP contribution in [0.15, 0.2) is 0 Å². The van der Waals surface area contributed by atoms with Gasteiger partial charge in [0.15, 0.2) is 0 Å². The maximum Gasteiger partial charge on any atom is 0.243 e. The van der Waals surface area contributed by atoms with Crippen LogP contribution in [-0.4, -0.2) is 47.8 Å². The van der Waals surface area contributed by atoms with Crippen LogP contribution >= 0.6 is 0 Å². The van der Waals surface area contributed by atoms with Gasteiger partial charge >= 0.3 is 0 Å². The van der Waals surface area contributed by atoms with Gasteiger partial charge in [-0.2, -0.15) is 0 Å². The molecule has 6 nitrogen and oxygen atoms in total. The number of nitrogens with zero attached hydrogens (tertiary/aromatic N) is 1. The zero-order chi connectivity index (χ0) is 13.1. The van der Waals surface area contributed by atoms with E-state index in [9.17, 15) is 14.4 Å². The Hall–Kier alpha value is -1.43. The van der Waals surface area contributed by atoms with Gasteiger partial charge in [0.05, 0.1) is 12.1 Å². The van der Waals surface area contributed by atoms with Gasteiger partial charge in [-0.25, -0.2) is 0 Å². The Morgan fingerprint density at radius 3 is 2.67 bits per heavy atom. The zero-order valence-corrected chi connectivity index (χ0v) is 10.6. The molecule has 2 saturated heterocycles. The van der Waals surface area contributed by atoms with Crippen molar-refractivity contribution >= 4 is 17.7 Å². The third-order valence-corrected chi connectivity index (χ3v) is 3.48. The Morgan fingerprint density at radius 2 is 2.06 bits per heavy atom. The van der Waals surface area contributed by atoms with Crippen molar-refractivity contribution in [3.63, 3.8) is 0 Å². The zero-order valence-electron chi connectivity index (χ0n) is 10.6. The predicted octanol–water partition coefficient (Wildman–Crippen LogP) is -0.608. The predicted molar refractivity (Wildman–Crippen MR) is 64.6 cm³/mol. The molecule has 0 aromatic heterocycles. The van der Waals surface area contributed by atoms with Crippen molar-refractivity contribution in [3.8, 4) is 0 Å². The van der Waals surface area contributed by atoms with Gasteiger partial charge in [0.2, 0.25) is 17.7 Å². The van der Waals surface area contributed by atoms with Crippen LogP contribution in [0.2, 0.25) is 0 Å². The van der Waals surface area contributed by atoms with Gasteiger partial charge in [-0.3, -0.25) is 25.0 Å². The van der Waals surface area contributed by atoms with Gasteiger partial charge in [-0.15, -0.1) is 0 Å². The van der Waals surface area contributed by atoms with Crippen LogP contribution in [0.1, 0.15) is 32.6 Å². The van der Waals surface area contributed by atoms with Crippen molar-refractivity contribution < 1.29 is 14.4 Å². The largest absolute Gasteiger partial charge is 0.341 e. The van der Waals surface area contributed by atoms with E-state index in [2.05, 4.69) is 10.6 Å². The van der Waals surface area contributed by atoms with E-state index >= 15 is 0 Å². The molecule has 2 heterocycles. The van der Waals surface area contributed by atoms with E-state index in [1.807, 2.05) is 4.90 Å². The molecule has 2 fully saturated rings. The van der Waals surface area contributed by atoms with E-state index in [0.29, 0.717) is 12.8 Å². The molecule has 2 unspecified atom stereocenters. The summed E-state index contributed by atoms with van der Waals surface area (Å²) in [5, 5.41) is 5.29. The second-order valence-corrected chi connectivity index (χ2v) is 4.92. The molecule has 0 radical (unpaired) electrons. The number of likely N-dealkylation sites (tertiary alicyclic amines) is 1. The number of amides is 3. The average molecular weight is 253 g/mol. The number of hydrogen-bond acceptors (Lipinski definition) is 4. The Kier molecular flexibility index (Phi) is 3.96. The van der Waals surface area contributed by atoms with Gasteiger partial charge in [0.25, 0.3) is 0 Å². The topological polar surface area (TPSA) is 78.5 Å². The number of carbonyl (C=O) groups excluding carboxylic acids is 3. The highest BCUT2D eigenvalue weighted by Gasteiger charge is 2.30. The normalized spacial score (nSPS) is 26.1. The Labute approximate surface area is 106 Å². The monoisotopic (exact) mass is 253 g/mol. The highest BCUT2D eigenvalue weighted by molar-refractivity contribution is 6.00. The molecule has 100 valence electrons. The maximum atomic E-state index is 12.1. The minimum Gasteiger partial charge on any atom is -0.341 e. The fourth-order valence-corrected chi connectivity index (χ4v) is 2.44. The molecule has 2 N–H and O–H groups in total. The number of carbonyl (C=O) groups is 3. The van der Waals surface area contributed by atoms with Crippen LogP contribution in [0, 0.1) is 0 Å². The van der Waals surface area contributed by atoms with Crippen molar-refractivity contribution in [2.75, 3.05) is 13.1 Å². The average Bonchev–Trinajstić information content (AvgIpc) is 2.85. The van der Waals surface area contributed by atoms with Crippen LogP contribution in [0.4, 0.5) is 0 Å². The standard InChI is InChI=1S/C12H19N3O3/c1-8(12(18)15-6-2-3-7-15)13-9-4-5-10(16)14-11(9)17/h8-9,13H,2-7H2,1H3,(H,14,16,17). The number of rotatable bonds is 3. The number of hydrogen-bond donors (Lipinski definition) is 2. The van der Waals surface area contributed by atoms with E-state index in [1.165, 1.54) is 0 Å². The summed E-state index contributed by atoms with van der Waals surface area (Å²) in [4.78, 5) is 36.5. The van der Waals surface area contributed by atoms with E-state index in [0.717, 1.165) is 25.9 Å². The lowest BCUT2D eigenvalue weighted by Gasteiger charge is -2.27. The van der Waals surface area contributed by atoms with Gasteiger partial charge in [-0.1, -0.05) is 0 Å². The van der Waals surface area contributed by atoms with Crippen molar-refractivity contribution in [3.05, 3.63) is 0 Å². The Balaban J connectivity index is 1.86. The van der Waals surface area contributed by atoms with Gasteiger partial charge in [0, 0.05) is 19.5 Å². The lowest BCUT2D eigenvalue weighted by Crippen LogP contribution is -2.56. The third-order valence-electron chi connectivity index (χ3n) is 3.48. The van der Waals surface area contributed by atoms with E-state index in [-0.39, 0.29) is 23.8 Å². The third kappa shape index (κ3) is 2.87. The number of nitrogens with one attached hydrogen (secondary N) is 2. The first kappa shape index (κ1) is 13.0. The maximum absolute atomic E-state index is 12.1. The van der Waals surface area contributed by atoms with Crippen LogP contribution in [-0.2, 0) is 14.4 Å². The number of imide groups is 1. The summed E-state index contributed by atoms with van der Waals surface area (Å²) in [5.41, 5.74) is 0. The SMILES string of the molecule is CC(NC1CCC(=O)NC1=O)C(=O)N1CCCC1. The Morgan fingerprint density at radius 1 is 1.39 bits per heavy atom. The molecule has 0 aromatic carbocycles. The van der Waals surface area contributed by atoms with Crippen LogP contribution in [0.25, 0.3) is 0 Å². The molecule has 6 heteroatoms. The summed E-state index contributed by atoms with van der Waals surface area (Å²) in [6, 6.07) is -0.823. The molecular formula is C12H19N3O3. The molecule has 3 amide bonds. The smallest absolute Gasteiger partial charge is 0.243 e. The van der Waals surface area contributed by atoms with Crippen molar-refractivity contribution in [2.45, 2.75) is 44.7 Å². The molecule has 0 spiro atoms. The molecule has 0 aliphatic carbocycles. The highest BCUT2D eigenvalue weighted by atomic mass is 16.2. The fraction of sp³-hybridized carbons (Fsp3) is 0.750. The van der Waals surface area contributed by atoms with Gasteiger partial charge < -0.3 is 4.90 Å². The lowest BCUT2D eigenvalue weighted by atomic mass is 10.1. The molecule has 18 heavy (non-hydrogen) atoms. The first-order valence-corrected chi connectivity index (χ1v) is 6.46. The fourth-order valence-electron chi connectivity index (χ4n) is 2.44. The molecule has 0 aromatic rings. The van der Waals surface area contributed by atoms with E-state index in [1.54, 1.807) is 6.92 Å². The van der Waals surface area contributed by atoms with Crippen LogP contribution in [0.5, 0.6) is 0 Å². The van der Waals surface area contributed by atoms with E-state index in [4.69, 9.17) is 0 Å². The summed E-state index contributed by atoms with van der Waals surface area (Å²) in [6.07, 6.45) is 2.89. The molecular weight excluding hydrogens is 234 g/mol. The molecule has 2 aliphatic rings. The van der Waals surface area contributed by atoms with Crippen molar-refractivity contribution in [2.24, 2.45) is 0 Å². The first-order valence-electron chi connectivity index (χ1n) is 6.46. The molecule has 0 bridgehead atoms. The molecule has 2 aliphatic heterocycles. The summed E-state index contributed by atoms with van der Waals surface area (Å²) in [7, 11) is 0. The van der Waals surface area contributed by atoms with Gasteiger partial charge in [-0.05, 0) is 26.2 Å². The van der Waals surface area contributed by atoms with Crippen molar-refractivity contribution in [1.82, 2.24) is 15.5 Å². The summed E-state index contributed by atoms with van der Waals surface area (Å²) < 4.78 is 0. The second kappa shape index (κ2) is 5.48. The number of piperidine rings is 1. The molecule has 2 rings (SSSR count). The highest BCUT2D eigenvalue weighted by Crippen LogP contribution is 2.11. The minimum absolute atomic E-state index is 0.0391. The van der Waals surface area contributed by atoms with Gasteiger partial charge in [0.1, 0.15) is 0 Å². The first-order chi connectivity index (χ1) is 8.58. The lowest BCUT2D eigenvalue weighted by molar-refractivity contribution is -0.135. The minimum atomic E-state index is -0.441. The quantitative estimate of drug-likeness (QED) is 0.658. The molecule has 0 saturated carbocycles. The van der Waals surface area contributed by atoms with Crippen LogP contribution < -0.4 is 10.6 Å². The van der Waals surface area contributed by atoms with Crippen LogP contribution in [0.3, 0.4) is 0 Å². The summed E-state index contributed by atoms with van der Waals surface area (Å²) in [6.45, 7) is 3.38. The second-order valence-electron chi connectivity index (χ2n) is 4.92. The summed E-state index contributed by atoms with van der Waals surface area (Å²) >= 11 is 0. The van der Waals surface area contributed by atoms with Crippen molar-refractivity contribution in [1.29, 1.82) is 0 Å². The Bertz CT molecular complexity index is 364. The molecule has 2 atom stereocenters.